The third-order valence-corrected chi connectivity index (χ3v) is 5.00. The quantitative estimate of drug-likeness (QED) is 0.251. The molecule has 0 N–H and O–H groups in total. The molecular weight excluding hydrogens is 464 g/mol. The fourth-order valence-electron chi connectivity index (χ4n) is 3.04. The van der Waals surface area contributed by atoms with E-state index in [-0.39, 0.29) is 17.4 Å². The van der Waals surface area contributed by atoms with E-state index < -0.39 is 4.92 Å². The van der Waals surface area contributed by atoms with Crippen LogP contribution in [0, 0.1) is 10.1 Å². The SMILES string of the molecule is CCCCc1nc2ccc(Br)cc2c(=O)n1N=Cc1cc([N+](=O)[O-])ccc1OC(C)C. The van der Waals surface area contributed by atoms with Crippen molar-refractivity contribution in [2.24, 2.45) is 5.10 Å². The van der Waals surface area contributed by atoms with Gasteiger partial charge in [-0.05, 0) is 44.5 Å². The molecule has 9 heteroatoms. The van der Waals surface area contributed by atoms with Gasteiger partial charge in [0.05, 0.1) is 28.1 Å². The minimum absolute atomic E-state index is 0.0864. The number of nitro benzene ring substituents is 1. The number of ether oxygens (including phenoxy) is 1. The van der Waals surface area contributed by atoms with Crippen LogP contribution in [0.2, 0.25) is 0 Å². The molecular formula is C22H23BrN4O4. The molecule has 0 fully saturated rings. The van der Waals surface area contributed by atoms with Crippen LogP contribution >= 0.6 is 15.9 Å². The predicted octanol–water partition coefficient (Wildman–Crippen LogP) is 5.08. The van der Waals surface area contributed by atoms with Gasteiger partial charge in [0.15, 0.2) is 0 Å². The van der Waals surface area contributed by atoms with E-state index in [2.05, 4.69) is 32.9 Å². The van der Waals surface area contributed by atoms with Crippen LogP contribution in [0.1, 0.15) is 45.0 Å². The standard InChI is InChI=1S/C22H23BrN4O4/c1-4-5-6-21-25-19-9-7-16(23)12-18(19)22(28)26(21)24-13-15-11-17(27(29)30)8-10-20(15)31-14(2)3/h7-14H,4-6H2,1-3H3. The van der Waals surface area contributed by atoms with Crippen LogP contribution in [-0.4, -0.2) is 26.9 Å². The largest absolute Gasteiger partial charge is 0.490 e. The van der Waals surface area contributed by atoms with Gasteiger partial charge in [-0.15, -0.1) is 0 Å². The Kier molecular flexibility index (Phi) is 7.17. The number of aromatic nitrogens is 2. The van der Waals surface area contributed by atoms with Crippen LogP contribution in [0.4, 0.5) is 5.69 Å². The van der Waals surface area contributed by atoms with Gasteiger partial charge in [-0.3, -0.25) is 14.9 Å². The number of nitrogens with zero attached hydrogens (tertiary/aromatic N) is 4. The molecule has 1 aromatic heterocycles. The van der Waals surface area contributed by atoms with E-state index in [4.69, 9.17) is 4.74 Å². The van der Waals surface area contributed by atoms with E-state index >= 15 is 0 Å². The van der Waals surface area contributed by atoms with Gasteiger partial charge >= 0.3 is 0 Å². The van der Waals surface area contributed by atoms with E-state index in [0.717, 1.165) is 17.3 Å². The van der Waals surface area contributed by atoms with E-state index in [1.165, 1.54) is 29.1 Å². The molecule has 0 unspecified atom stereocenters. The Morgan fingerprint density at radius 3 is 2.74 bits per heavy atom. The van der Waals surface area contributed by atoms with Crippen molar-refractivity contribution < 1.29 is 9.66 Å². The Morgan fingerprint density at radius 2 is 2.06 bits per heavy atom. The number of unbranched alkanes of at least 4 members (excludes halogenated alkanes) is 1. The summed E-state index contributed by atoms with van der Waals surface area (Å²) in [5.41, 5.74) is 0.623. The molecule has 0 bridgehead atoms. The van der Waals surface area contributed by atoms with E-state index in [1.54, 1.807) is 12.1 Å². The van der Waals surface area contributed by atoms with Crippen molar-refractivity contribution in [3.63, 3.8) is 0 Å². The number of hydrogen-bond acceptors (Lipinski definition) is 6. The maximum atomic E-state index is 13.2. The van der Waals surface area contributed by atoms with Gasteiger partial charge in [0.2, 0.25) is 0 Å². The van der Waals surface area contributed by atoms with Gasteiger partial charge in [-0.1, -0.05) is 29.3 Å². The molecule has 3 rings (SSSR count). The first-order valence-electron chi connectivity index (χ1n) is 10.0. The highest BCUT2D eigenvalue weighted by molar-refractivity contribution is 9.10. The maximum absolute atomic E-state index is 13.2. The number of non-ortho nitro benzene ring substituents is 1. The Bertz CT molecular complexity index is 1200. The number of benzene rings is 2. The predicted molar refractivity (Wildman–Crippen MR) is 124 cm³/mol. The minimum Gasteiger partial charge on any atom is -0.490 e. The summed E-state index contributed by atoms with van der Waals surface area (Å²) in [6, 6.07) is 9.63. The van der Waals surface area contributed by atoms with Crippen molar-refractivity contribution in [2.45, 2.75) is 46.1 Å². The highest BCUT2D eigenvalue weighted by Crippen LogP contribution is 2.24. The minimum atomic E-state index is -0.482. The summed E-state index contributed by atoms with van der Waals surface area (Å²) < 4.78 is 7.79. The third-order valence-electron chi connectivity index (χ3n) is 4.51. The molecule has 0 amide bonds. The molecule has 31 heavy (non-hydrogen) atoms. The van der Waals surface area contributed by atoms with Crippen LogP contribution in [-0.2, 0) is 6.42 Å². The van der Waals surface area contributed by atoms with Crippen molar-refractivity contribution in [2.75, 3.05) is 0 Å². The lowest BCUT2D eigenvalue weighted by atomic mass is 10.2. The molecule has 0 saturated heterocycles. The summed E-state index contributed by atoms with van der Waals surface area (Å²) in [6.07, 6.45) is 3.65. The lowest BCUT2D eigenvalue weighted by Gasteiger charge is -2.12. The van der Waals surface area contributed by atoms with Crippen molar-refractivity contribution >= 4 is 38.7 Å². The first-order valence-corrected chi connectivity index (χ1v) is 10.8. The van der Waals surface area contributed by atoms with Crippen molar-refractivity contribution in [1.82, 2.24) is 9.66 Å². The monoisotopic (exact) mass is 486 g/mol. The van der Waals surface area contributed by atoms with Gasteiger partial charge in [0.1, 0.15) is 11.6 Å². The van der Waals surface area contributed by atoms with Crippen molar-refractivity contribution in [3.8, 4) is 5.75 Å². The smallest absolute Gasteiger partial charge is 0.282 e. The molecule has 8 nitrogen and oxygen atoms in total. The fraction of sp³-hybridized carbons (Fsp3) is 0.318. The van der Waals surface area contributed by atoms with E-state index in [9.17, 15) is 14.9 Å². The first kappa shape index (κ1) is 22.6. The summed E-state index contributed by atoms with van der Waals surface area (Å²) >= 11 is 3.39. The van der Waals surface area contributed by atoms with Crippen molar-refractivity contribution in [1.29, 1.82) is 0 Å². The number of halogens is 1. The lowest BCUT2D eigenvalue weighted by Crippen LogP contribution is -2.22. The summed E-state index contributed by atoms with van der Waals surface area (Å²) in [6.45, 7) is 5.78. The highest BCUT2D eigenvalue weighted by atomic mass is 79.9. The number of aryl methyl sites for hydroxylation is 1. The molecule has 0 aliphatic rings. The summed E-state index contributed by atoms with van der Waals surface area (Å²) in [5.74, 6) is 0.985. The van der Waals surface area contributed by atoms with Gasteiger partial charge < -0.3 is 4.74 Å². The van der Waals surface area contributed by atoms with Crippen LogP contribution in [0.5, 0.6) is 5.75 Å². The van der Waals surface area contributed by atoms with Crippen LogP contribution < -0.4 is 10.3 Å². The molecule has 0 spiro atoms. The van der Waals surface area contributed by atoms with Crippen molar-refractivity contribution in [3.05, 3.63) is 72.7 Å². The Balaban J connectivity index is 2.15. The number of rotatable bonds is 8. The van der Waals surface area contributed by atoms with E-state index in [0.29, 0.717) is 34.5 Å². The molecule has 3 aromatic rings. The first-order chi connectivity index (χ1) is 14.8. The molecule has 0 aliphatic carbocycles. The topological polar surface area (TPSA) is 99.6 Å². The van der Waals surface area contributed by atoms with Gasteiger partial charge in [0.25, 0.3) is 11.2 Å². The van der Waals surface area contributed by atoms with Gasteiger partial charge in [-0.25, -0.2) is 4.98 Å². The second-order valence-corrected chi connectivity index (χ2v) is 8.22. The molecule has 0 radical (unpaired) electrons. The molecule has 2 aromatic carbocycles. The normalized spacial score (nSPS) is 11.5. The Labute approximate surface area is 187 Å². The summed E-state index contributed by atoms with van der Waals surface area (Å²) in [5, 5.41) is 16.0. The van der Waals surface area contributed by atoms with E-state index in [1.807, 2.05) is 19.9 Å². The number of fused-ring (bicyclic) bond motifs is 1. The second kappa shape index (κ2) is 9.82. The third kappa shape index (κ3) is 5.35. The Hall–Kier alpha value is -3.07. The van der Waals surface area contributed by atoms with Crippen LogP contribution in [0.3, 0.4) is 0 Å². The zero-order valence-corrected chi connectivity index (χ0v) is 19.1. The zero-order valence-electron chi connectivity index (χ0n) is 17.5. The molecule has 0 atom stereocenters. The summed E-state index contributed by atoms with van der Waals surface area (Å²) in [4.78, 5) is 28.5. The lowest BCUT2D eigenvalue weighted by molar-refractivity contribution is -0.384. The highest BCUT2D eigenvalue weighted by Gasteiger charge is 2.14. The maximum Gasteiger partial charge on any atom is 0.282 e. The number of nitro groups is 1. The molecule has 1 heterocycles. The average molecular weight is 487 g/mol. The second-order valence-electron chi connectivity index (χ2n) is 7.30. The fourth-order valence-corrected chi connectivity index (χ4v) is 3.40. The van der Waals surface area contributed by atoms with Crippen LogP contribution in [0.15, 0.2) is 50.8 Å². The van der Waals surface area contributed by atoms with Crippen LogP contribution in [0.25, 0.3) is 10.9 Å². The zero-order chi connectivity index (χ0) is 22.5. The Morgan fingerprint density at radius 1 is 1.29 bits per heavy atom. The van der Waals surface area contributed by atoms with Gasteiger partial charge in [0, 0.05) is 28.6 Å². The molecule has 0 aliphatic heterocycles. The average Bonchev–Trinajstić information content (AvgIpc) is 2.72. The molecule has 0 saturated carbocycles. The summed E-state index contributed by atoms with van der Waals surface area (Å²) in [7, 11) is 0. The molecule has 162 valence electrons. The van der Waals surface area contributed by atoms with Gasteiger partial charge in [-0.2, -0.15) is 9.78 Å². The number of hydrogen-bond donors (Lipinski definition) is 0.